The van der Waals surface area contributed by atoms with Crippen LogP contribution < -0.4 is 10.6 Å². The molecule has 0 saturated carbocycles. The zero-order chi connectivity index (χ0) is 21.8. The molecule has 0 aromatic heterocycles. The zero-order valence-corrected chi connectivity index (χ0v) is 20.0. The summed E-state index contributed by atoms with van der Waals surface area (Å²) in [6.07, 6.45) is 1.58. The minimum absolute atomic E-state index is 0.0151. The van der Waals surface area contributed by atoms with E-state index >= 15 is 0 Å². The van der Waals surface area contributed by atoms with Crippen molar-refractivity contribution in [3.63, 3.8) is 0 Å². The maximum absolute atomic E-state index is 12.5. The molecule has 0 bridgehead atoms. The van der Waals surface area contributed by atoms with Crippen LogP contribution in [0.5, 0.6) is 0 Å². The largest absolute Gasteiger partial charge is 0.359 e. The van der Waals surface area contributed by atoms with Crippen LogP contribution in [0.4, 0.5) is 0 Å². The number of hydrogen-bond donors (Lipinski definition) is 2. The highest BCUT2D eigenvalue weighted by atomic mass is 16.2. The monoisotopic (exact) mass is 372 g/mol. The van der Waals surface area contributed by atoms with Crippen LogP contribution in [-0.2, 0) is 9.59 Å². The van der Waals surface area contributed by atoms with Gasteiger partial charge in [-0.3, -0.25) is 9.59 Å². The van der Waals surface area contributed by atoms with Crippen molar-refractivity contribution in [3.05, 3.63) is 0 Å². The van der Waals surface area contributed by atoms with E-state index in [1.165, 1.54) is 0 Å². The van der Waals surface area contributed by atoms with Crippen molar-refractivity contribution in [2.24, 2.45) is 22.2 Å². The first kappa shape index (κ1) is 29.7. The van der Waals surface area contributed by atoms with Crippen molar-refractivity contribution in [2.75, 3.05) is 13.6 Å². The molecule has 26 heavy (non-hydrogen) atoms. The van der Waals surface area contributed by atoms with Gasteiger partial charge in [-0.1, -0.05) is 83.1 Å². The quantitative estimate of drug-likeness (QED) is 0.598. The molecule has 0 rings (SSSR count). The van der Waals surface area contributed by atoms with Crippen molar-refractivity contribution >= 4 is 11.8 Å². The lowest BCUT2D eigenvalue weighted by Gasteiger charge is -2.34. The fourth-order valence-corrected chi connectivity index (χ4v) is 3.34. The van der Waals surface area contributed by atoms with Crippen LogP contribution in [0.1, 0.15) is 95.9 Å². The number of carbonyl (C=O) groups is 2. The van der Waals surface area contributed by atoms with Crippen LogP contribution >= 0.6 is 0 Å². The van der Waals surface area contributed by atoms with Crippen molar-refractivity contribution in [2.45, 2.75) is 95.9 Å². The van der Waals surface area contributed by atoms with E-state index in [0.717, 1.165) is 6.42 Å². The van der Waals surface area contributed by atoms with Crippen LogP contribution in [0.25, 0.3) is 0 Å². The Morgan fingerprint density at radius 3 is 1.54 bits per heavy atom. The summed E-state index contributed by atoms with van der Waals surface area (Å²) in [5.41, 5.74) is -1.07. The number of hydrogen-bond acceptors (Lipinski definition) is 2. The van der Waals surface area contributed by atoms with Gasteiger partial charge in [-0.2, -0.15) is 0 Å². The summed E-state index contributed by atoms with van der Waals surface area (Å²) < 4.78 is 0. The van der Waals surface area contributed by atoms with Gasteiger partial charge in [0.1, 0.15) is 0 Å². The maximum atomic E-state index is 12.5. The fourth-order valence-electron chi connectivity index (χ4n) is 3.34. The first-order valence-corrected chi connectivity index (χ1v) is 10.2. The molecule has 158 valence electrons. The summed E-state index contributed by atoms with van der Waals surface area (Å²) in [5.74, 6) is 0.585. The lowest BCUT2D eigenvalue weighted by Crippen LogP contribution is -2.46. The Labute approximate surface area is 164 Å². The van der Waals surface area contributed by atoms with Gasteiger partial charge in [0.25, 0.3) is 0 Å². The molecule has 4 nitrogen and oxygen atoms in total. The van der Waals surface area contributed by atoms with Gasteiger partial charge in [-0.25, -0.2) is 0 Å². The molecule has 0 unspecified atom stereocenters. The molecule has 0 aliphatic rings. The molecule has 0 aliphatic heterocycles. The number of amides is 2. The second kappa shape index (κ2) is 13.2. The van der Waals surface area contributed by atoms with Crippen LogP contribution in [0.3, 0.4) is 0 Å². The third-order valence-electron chi connectivity index (χ3n) is 4.03. The molecule has 2 amide bonds. The zero-order valence-electron chi connectivity index (χ0n) is 20.0. The van der Waals surface area contributed by atoms with Gasteiger partial charge in [0.2, 0.25) is 11.8 Å². The predicted octanol–water partition coefficient (Wildman–Crippen LogP) is 5.42. The molecular weight excluding hydrogens is 324 g/mol. The van der Waals surface area contributed by atoms with E-state index in [2.05, 4.69) is 38.3 Å². The molecule has 0 heterocycles. The normalized spacial score (nSPS) is 11.6. The Hall–Kier alpha value is -1.06. The summed E-state index contributed by atoms with van der Waals surface area (Å²) in [5, 5.41) is 5.75. The van der Waals surface area contributed by atoms with Gasteiger partial charge in [-0.05, 0) is 24.2 Å². The highest BCUT2D eigenvalue weighted by Crippen LogP contribution is 2.34. The number of carbonyl (C=O) groups excluding carboxylic acids is 2. The first-order chi connectivity index (χ1) is 11.7. The van der Waals surface area contributed by atoms with Crippen molar-refractivity contribution < 1.29 is 9.59 Å². The average Bonchev–Trinajstić information content (AvgIpc) is 2.53. The topological polar surface area (TPSA) is 58.2 Å². The van der Waals surface area contributed by atoms with E-state index in [9.17, 15) is 9.59 Å². The third kappa shape index (κ3) is 12.3. The van der Waals surface area contributed by atoms with E-state index in [4.69, 9.17) is 0 Å². The Morgan fingerprint density at radius 2 is 1.19 bits per heavy atom. The Bertz CT molecular complexity index is 397. The molecule has 0 fully saturated rings. The lowest BCUT2D eigenvalue weighted by atomic mass is 9.73. The summed E-state index contributed by atoms with van der Waals surface area (Å²) in [6.45, 7) is 25.0. The molecule has 0 aliphatic carbocycles. The molecule has 0 aromatic rings. The summed E-state index contributed by atoms with van der Waals surface area (Å²) in [6, 6.07) is 0. The third-order valence-corrected chi connectivity index (χ3v) is 4.03. The van der Waals surface area contributed by atoms with Crippen LogP contribution in [0.2, 0.25) is 0 Å². The summed E-state index contributed by atoms with van der Waals surface area (Å²) in [7, 11) is 1.63. The van der Waals surface area contributed by atoms with Gasteiger partial charge in [-0.15, -0.1) is 0 Å². The standard InChI is InChI=1S/C18H36N2O2.2C2H6/c1-13(2)10-16(3,4)12-20-15(22)18(7,8)11-17(5,6)14(21)19-9;2*1-2/h13H,10-12H2,1-9H3,(H,19,21)(H,20,22);2*1-2H3. The highest BCUT2D eigenvalue weighted by molar-refractivity contribution is 5.85. The smallest absolute Gasteiger partial charge is 0.225 e. The molecule has 2 N–H and O–H groups in total. The first-order valence-electron chi connectivity index (χ1n) is 10.2. The number of rotatable bonds is 8. The minimum Gasteiger partial charge on any atom is -0.359 e. The van der Waals surface area contributed by atoms with Crippen LogP contribution in [0, 0.1) is 22.2 Å². The highest BCUT2D eigenvalue weighted by Gasteiger charge is 2.38. The van der Waals surface area contributed by atoms with E-state index in [1.54, 1.807) is 7.05 Å². The molecule has 4 heteroatoms. The lowest BCUT2D eigenvalue weighted by molar-refractivity contribution is -0.136. The van der Waals surface area contributed by atoms with E-state index < -0.39 is 10.8 Å². The van der Waals surface area contributed by atoms with Crippen molar-refractivity contribution in [1.82, 2.24) is 10.6 Å². The van der Waals surface area contributed by atoms with E-state index in [1.807, 2.05) is 55.4 Å². The molecule has 0 saturated heterocycles. The molecule has 0 spiro atoms. The average molecular weight is 373 g/mol. The van der Waals surface area contributed by atoms with Gasteiger partial charge in [0.05, 0.1) is 0 Å². The number of nitrogens with one attached hydrogen (secondary N) is 2. The summed E-state index contributed by atoms with van der Waals surface area (Å²) >= 11 is 0. The molecule has 0 aromatic carbocycles. The SMILES string of the molecule is CC.CC.CNC(=O)C(C)(C)CC(C)(C)C(=O)NCC(C)(C)CC(C)C. The second-order valence-electron chi connectivity index (χ2n) is 8.97. The van der Waals surface area contributed by atoms with Crippen molar-refractivity contribution in [3.8, 4) is 0 Å². The maximum Gasteiger partial charge on any atom is 0.225 e. The van der Waals surface area contributed by atoms with Gasteiger partial charge in [0, 0.05) is 24.4 Å². The fraction of sp³-hybridized carbons (Fsp3) is 0.909. The van der Waals surface area contributed by atoms with Crippen molar-refractivity contribution in [1.29, 1.82) is 0 Å². The van der Waals surface area contributed by atoms with Gasteiger partial charge < -0.3 is 10.6 Å². The summed E-state index contributed by atoms with van der Waals surface area (Å²) in [4.78, 5) is 24.5. The Balaban J connectivity index is -0.00000123. The second-order valence-corrected chi connectivity index (χ2v) is 8.97. The molecule has 0 radical (unpaired) electrons. The van der Waals surface area contributed by atoms with Gasteiger partial charge >= 0.3 is 0 Å². The molecule has 0 atom stereocenters. The Morgan fingerprint density at radius 1 is 0.808 bits per heavy atom. The van der Waals surface area contributed by atoms with Crippen LogP contribution in [0.15, 0.2) is 0 Å². The minimum atomic E-state index is -0.579. The van der Waals surface area contributed by atoms with E-state index in [0.29, 0.717) is 18.9 Å². The Kier molecular flexibility index (Phi) is 15.0. The van der Waals surface area contributed by atoms with Crippen LogP contribution in [-0.4, -0.2) is 25.4 Å². The molecular formula is C22H48N2O2. The van der Waals surface area contributed by atoms with Gasteiger partial charge in [0.15, 0.2) is 0 Å². The van der Waals surface area contributed by atoms with E-state index in [-0.39, 0.29) is 17.2 Å². The predicted molar refractivity (Wildman–Crippen MR) is 115 cm³/mol.